The standard InChI is InChI=1S/C14H11N3O/c15-14(18)10-5-3-4-9-8-12(17-13(9)10)11-6-1-2-7-16-11/h1-8,17H,(H2,15,18). The molecule has 2 heterocycles. The van der Waals surface area contributed by atoms with Crippen LogP contribution in [0.3, 0.4) is 0 Å². The van der Waals surface area contributed by atoms with E-state index in [4.69, 9.17) is 5.73 Å². The predicted octanol–water partition coefficient (Wildman–Crippen LogP) is 2.33. The second-order valence-electron chi connectivity index (χ2n) is 4.03. The van der Waals surface area contributed by atoms with Crippen LogP contribution >= 0.6 is 0 Å². The zero-order valence-electron chi connectivity index (χ0n) is 9.55. The summed E-state index contributed by atoms with van der Waals surface area (Å²) in [6.07, 6.45) is 1.73. The van der Waals surface area contributed by atoms with Crippen LogP contribution in [0.4, 0.5) is 0 Å². The lowest BCUT2D eigenvalue weighted by Gasteiger charge is -1.97. The number of H-pyrrole nitrogens is 1. The number of rotatable bonds is 2. The maximum Gasteiger partial charge on any atom is 0.250 e. The van der Waals surface area contributed by atoms with E-state index in [2.05, 4.69) is 9.97 Å². The third-order valence-electron chi connectivity index (χ3n) is 2.86. The van der Waals surface area contributed by atoms with E-state index in [0.29, 0.717) is 5.56 Å². The Morgan fingerprint density at radius 2 is 2.06 bits per heavy atom. The first kappa shape index (κ1) is 10.5. The molecule has 0 aliphatic heterocycles. The van der Waals surface area contributed by atoms with Crippen molar-refractivity contribution in [2.24, 2.45) is 5.73 Å². The number of carbonyl (C=O) groups is 1. The number of nitrogens with two attached hydrogens (primary N) is 1. The quantitative estimate of drug-likeness (QED) is 0.718. The van der Waals surface area contributed by atoms with Crippen LogP contribution in [-0.2, 0) is 0 Å². The lowest BCUT2D eigenvalue weighted by atomic mass is 10.1. The van der Waals surface area contributed by atoms with Gasteiger partial charge in [-0.25, -0.2) is 0 Å². The molecule has 88 valence electrons. The molecule has 0 aliphatic carbocycles. The fourth-order valence-electron chi connectivity index (χ4n) is 2.02. The van der Waals surface area contributed by atoms with Crippen molar-refractivity contribution in [2.45, 2.75) is 0 Å². The molecule has 0 fully saturated rings. The van der Waals surface area contributed by atoms with Crippen LogP contribution in [0.1, 0.15) is 10.4 Å². The van der Waals surface area contributed by atoms with E-state index in [1.807, 2.05) is 36.4 Å². The van der Waals surface area contributed by atoms with Crippen molar-refractivity contribution in [3.63, 3.8) is 0 Å². The van der Waals surface area contributed by atoms with Crippen LogP contribution in [0.2, 0.25) is 0 Å². The highest BCUT2D eigenvalue weighted by atomic mass is 16.1. The van der Waals surface area contributed by atoms with Crippen molar-refractivity contribution < 1.29 is 4.79 Å². The van der Waals surface area contributed by atoms with Crippen molar-refractivity contribution in [2.75, 3.05) is 0 Å². The Kier molecular flexibility index (Phi) is 2.34. The van der Waals surface area contributed by atoms with Crippen LogP contribution in [0.25, 0.3) is 22.3 Å². The third kappa shape index (κ3) is 1.64. The van der Waals surface area contributed by atoms with Crippen molar-refractivity contribution in [3.05, 3.63) is 54.2 Å². The predicted molar refractivity (Wildman–Crippen MR) is 70.0 cm³/mol. The third-order valence-corrected chi connectivity index (χ3v) is 2.86. The zero-order chi connectivity index (χ0) is 12.5. The summed E-state index contributed by atoms with van der Waals surface area (Å²) >= 11 is 0. The molecular weight excluding hydrogens is 226 g/mol. The van der Waals surface area contributed by atoms with E-state index in [1.54, 1.807) is 12.3 Å². The highest BCUT2D eigenvalue weighted by molar-refractivity contribution is 6.05. The van der Waals surface area contributed by atoms with Gasteiger partial charge < -0.3 is 10.7 Å². The normalized spacial score (nSPS) is 10.7. The molecule has 0 radical (unpaired) electrons. The fraction of sp³-hybridized carbons (Fsp3) is 0. The molecule has 0 bridgehead atoms. The van der Waals surface area contributed by atoms with Gasteiger partial charge in [0.2, 0.25) is 0 Å². The topological polar surface area (TPSA) is 71.8 Å². The summed E-state index contributed by atoms with van der Waals surface area (Å²) in [4.78, 5) is 18.8. The minimum atomic E-state index is -0.435. The van der Waals surface area contributed by atoms with Gasteiger partial charge in [-0.3, -0.25) is 9.78 Å². The number of pyridine rings is 1. The maximum absolute atomic E-state index is 11.3. The second kappa shape index (κ2) is 4.00. The molecule has 2 aromatic heterocycles. The lowest BCUT2D eigenvalue weighted by molar-refractivity contribution is 0.100. The summed E-state index contributed by atoms with van der Waals surface area (Å²) in [6, 6.07) is 13.1. The number of aromatic nitrogens is 2. The van der Waals surface area contributed by atoms with E-state index in [0.717, 1.165) is 22.3 Å². The van der Waals surface area contributed by atoms with Crippen molar-refractivity contribution >= 4 is 16.8 Å². The monoisotopic (exact) mass is 237 g/mol. The minimum Gasteiger partial charge on any atom is -0.366 e. The minimum absolute atomic E-state index is 0.435. The molecule has 1 aromatic carbocycles. The molecule has 0 saturated carbocycles. The molecule has 3 rings (SSSR count). The smallest absolute Gasteiger partial charge is 0.250 e. The van der Waals surface area contributed by atoms with Crippen molar-refractivity contribution in [3.8, 4) is 11.4 Å². The summed E-state index contributed by atoms with van der Waals surface area (Å²) in [7, 11) is 0. The Bertz CT molecular complexity index is 716. The molecular formula is C14H11N3O. The van der Waals surface area contributed by atoms with Crippen molar-refractivity contribution in [1.29, 1.82) is 0 Å². The number of nitrogens with zero attached hydrogens (tertiary/aromatic N) is 1. The number of hydrogen-bond acceptors (Lipinski definition) is 2. The van der Waals surface area contributed by atoms with E-state index in [1.165, 1.54) is 0 Å². The molecule has 0 unspecified atom stereocenters. The number of nitrogens with one attached hydrogen (secondary N) is 1. The Balaban J connectivity index is 2.23. The molecule has 1 amide bonds. The van der Waals surface area contributed by atoms with E-state index >= 15 is 0 Å². The lowest BCUT2D eigenvalue weighted by Crippen LogP contribution is -2.11. The van der Waals surface area contributed by atoms with Gasteiger partial charge in [-0.05, 0) is 24.3 Å². The molecule has 4 nitrogen and oxygen atoms in total. The van der Waals surface area contributed by atoms with Gasteiger partial charge in [0.25, 0.3) is 5.91 Å². The second-order valence-corrected chi connectivity index (χ2v) is 4.03. The number of amides is 1. The maximum atomic E-state index is 11.3. The number of benzene rings is 1. The fourth-order valence-corrected chi connectivity index (χ4v) is 2.02. The molecule has 18 heavy (non-hydrogen) atoms. The number of fused-ring (bicyclic) bond motifs is 1. The van der Waals surface area contributed by atoms with Gasteiger partial charge in [0.15, 0.2) is 0 Å². The van der Waals surface area contributed by atoms with Gasteiger partial charge >= 0.3 is 0 Å². The van der Waals surface area contributed by atoms with Gasteiger partial charge in [-0.2, -0.15) is 0 Å². The molecule has 0 saturated heterocycles. The highest BCUT2D eigenvalue weighted by Crippen LogP contribution is 2.24. The number of primary amides is 1. The van der Waals surface area contributed by atoms with E-state index in [9.17, 15) is 4.79 Å². The number of para-hydroxylation sites is 1. The van der Waals surface area contributed by atoms with Crippen molar-refractivity contribution in [1.82, 2.24) is 9.97 Å². The van der Waals surface area contributed by atoms with Crippen LogP contribution in [-0.4, -0.2) is 15.9 Å². The molecule has 0 aliphatic rings. The summed E-state index contributed by atoms with van der Waals surface area (Å²) in [5, 5.41) is 0.951. The molecule has 4 heteroatoms. The van der Waals surface area contributed by atoms with Crippen LogP contribution in [0.5, 0.6) is 0 Å². The average molecular weight is 237 g/mol. The summed E-state index contributed by atoms with van der Waals surface area (Å²) in [6.45, 7) is 0. The SMILES string of the molecule is NC(=O)c1cccc2cc(-c3ccccn3)[nH]c12. The largest absolute Gasteiger partial charge is 0.366 e. The Hall–Kier alpha value is -2.62. The average Bonchev–Trinajstić information content (AvgIpc) is 2.83. The van der Waals surface area contributed by atoms with Gasteiger partial charge in [-0.1, -0.05) is 18.2 Å². The number of hydrogen-bond donors (Lipinski definition) is 2. The van der Waals surface area contributed by atoms with Gasteiger partial charge in [0, 0.05) is 11.6 Å². The summed E-state index contributed by atoms with van der Waals surface area (Å²) in [5.74, 6) is -0.435. The summed E-state index contributed by atoms with van der Waals surface area (Å²) in [5.41, 5.74) is 8.32. The Labute approximate surface area is 103 Å². The number of aromatic amines is 1. The first-order chi connectivity index (χ1) is 8.75. The molecule has 0 atom stereocenters. The molecule has 3 aromatic rings. The van der Waals surface area contributed by atoms with Crippen LogP contribution in [0, 0.1) is 0 Å². The van der Waals surface area contributed by atoms with Gasteiger partial charge in [0.05, 0.1) is 22.5 Å². The van der Waals surface area contributed by atoms with E-state index in [-0.39, 0.29) is 0 Å². The van der Waals surface area contributed by atoms with Crippen LogP contribution < -0.4 is 5.73 Å². The zero-order valence-corrected chi connectivity index (χ0v) is 9.55. The Morgan fingerprint density at radius 3 is 2.78 bits per heavy atom. The molecule has 3 N–H and O–H groups in total. The van der Waals surface area contributed by atoms with E-state index < -0.39 is 5.91 Å². The highest BCUT2D eigenvalue weighted by Gasteiger charge is 2.10. The first-order valence-corrected chi connectivity index (χ1v) is 5.58. The first-order valence-electron chi connectivity index (χ1n) is 5.58. The Morgan fingerprint density at radius 1 is 1.17 bits per heavy atom. The summed E-state index contributed by atoms with van der Waals surface area (Å²) < 4.78 is 0. The molecule has 0 spiro atoms. The number of carbonyl (C=O) groups excluding carboxylic acids is 1. The van der Waals surface area contributed by atoms with Gasteiger partial charge in [0.1, 0.15) is 0 Å². The van der Waals surface area contributed by atoms with Gasteiger partial charge in [-0.15, -0.1) is 0 Å². The van der Waals surface area contributed by atoms with Crippen LogP contribution in [0.15, 0.2) is 48.7 Å².